The molecule has 0 aromatic heterocycles. The molecule has 7 nitrogen and oxygen atoms in total. The van der Waals surface area contributed by atoms with Gasteiger partial charge in [0.1, 0.15) is 12.6 Å². The topological polar surface area (TPSA) is 86.8 Å². The molecule has 0 heterocycles. The number of sulfonamides is 1. The first-order chi connectivity index (χ1) is 21.4. The van der Waals surface area contributed by atoms with Crippen LogP contribution in [0, 0.1) is 13.8 Å². The van der Waals surface area contributed by atoms with Crippen molar-refractivity contribution in [2.24, 2.45) is 0 Å². The summed E-state index contributed by atoms with van der Waals surface area (Å²) in [7, 11) is -4.25. The molecule has 4 aromatic carbocycles. The van der Waals surface area contributed by atoms with Gasteiger partial charge in [0.05, 0.1) is 20.6 Å². The molecule has 4 rings (SSSR count). The maximum absolute atomic E-state index is 14.5. The van der Waals surface area contributed by atoms with Crippen LogP contribution in [0.4, 0.5) is 5.69 Å². The number of anilines is 1. The van der Waals surface area contributed by atoms with Crippen molar-refractivity contribution in [1.29, 1.82) is 0 Å². The lowest BCUT2D eigenvalue weighted by Gasteiger charge is -2.34. The molecule has 1 atom stereocenters. The van der Waals surface area contributed by atoms with E-state index in [1.165, 1.54) is 17.0 Å². The monoisotopic (exact) mass is 685 g/mol. The van der Waals surface area contributed by atoms with Crippen LogP contribution in [0.5, 0.6) is 0 Å². The SMILES string of the molecule is CCNC(=O)[C@@H](Cc1ccccc1)N(Cc1ccc(Cl)c(Cl)c1)C(=O)CN(c1cccc(Cl)c1C)S(=O)(=O)c1ccc(C)cc1. The smallest absolute Gasteiger partial charge is 0.264 e. The van der Waals surface area contributed by atoms with E-state index in [-0.39, 0.29) is 34.5 Å². The average molecular weight is 687 g/mol. The minimum absolute atomic E-state index is 0.0147. The van der Waals surface area contributed by atoms with Crippen molar-refractivity contribution in [2.75, 3.05) is 17.4 Å². The second-order valence-corrected chi connectivity index (χ2v) is 13.7. The number of halogens is 3. The summed E-state index contributed by atoms with van der Waals surface area (Å²) in [6, 6.07) is 24.6. The highest BCUT2D eigenvalue weighted by molar-refractivity contribution is 7.92. The summed E-state index contributed by atoms with van der Waals surface area (Å²) in [6.07, 6.45) is 0.195. The van der Waals surface area contributed by atoms with Crippen LogP contribution in [-0.4, -0.2) is 44.3 Å². The molecule has 2 amide bonds. The quantitative estimate of drug-likeness (QED) is 0.170. The summed E-state index contributed by atoms with van der Waals surface area (Å²) >= 11 is 18.9. The van der Waals surface area contributed by atoms with E-state index >= 15 is 0 Å². The molecule has 45 heavy (non-hydrogen) atoms. The van der Waals surface area contributed by atoms with Crippen LogP contribution in [0.15, 0.2) is 95.9 Å². The van der Waals surface area contributed by atoms with Gasteiger partial charge in [-0.2, -0.15) is 0 Å². The molecule has 0 unspecified atom stereocenters. The van der Waals surface area contributed by atoms with Gasteiger partial charge >= 0.3 is 0 Å². The van der Waals surface area contributed by atoms with E-state index in [2.05, 4.69) is 5.32 Å². The zero-order chi connectivity index (χ0) is 32.7. The summed E-state index contributed by atoms with van der Waals surface area (Å²) in [5.74, 6) is -0.968. The lowest BCUT2D eigenvalue weighted by Crippen LogP contribution is -2.53. The van der Waals surface area contributed by atoms with Gasteiger partial charge in [0.2, 0.25) is 11.8 Å². The maximum atomic E-state index is 14.5. The van der Waals surface area contributed by atoms with Crippen LogP contribution in [0.3, 0.4) is 0 Å². The van der Waals surface area contributed by atoms with Crippen molar-refractivity contribution in [3.05, 3.63) is 128 Å². The van der Waals surface area contributed by atoms with Gasteiger partial charge in [-0.3, -0.25) is 13.9 Å². The zero-order valence-electron chi connectivity index (χ0n) is 25.1. The molecule has 0 aliphatic carbocycles. The van der Waals surface area contributed by atoms with Crippen LogP contribution in [0.2, 0.25) is 15.1 Å². The average Bonchev–Trinajstić information content (AvgIpc) is 3.01. The van der Waals surface area contributed by atoms with Crippen molar-refractivity contribution in [3.8, 4) is 0 Å². The number of rotatable bonds is 12. The van der Waals surface area contributed by atoms with Crippen molar-refractivity contribution < 1.29 is 18.0 Å². The number of benzene rings is 4. The molecular weight excluding hydrogens is 653 g/mol. The summed E-state index contributed by atoms with van der Waals surface area (Å²) in [6.45, 7) is 5.06. The molecule has 236 valence electrons. The predicted octanol–water partition coefficient (Wildman–Crippen LogP) is 7.24. The number of hydrogen-bond acceptors (Lipinski definition) is 4. The number of amides is 2. The van der Waals surface area contributed by atoms with E-state index in [1.807, 2.05) is 37.3 Å². The third-order valence-corrected chi connectivity index (χ3v) is 10.3. The normalized spacial score (nSPS) is 12.0. The second kappa shape index (κ2) is 15.1. The lowest BCUT2D eigenvalue weighted by atomic mass is 10.0. The highest BCUT2D eigenvalue weighted by Gasteiger charge is 2.35. The zero-order valence-corrected chi connectivity index (χ0v) is 28.2. The molecule has 0 saturated carbocycles. The number of aryl methyl sites for hydroxylation is 1. The number of nitrogens with one attached hydrogen (secondary N) is 1. The Morgan fingerprint density at radius 1 is 0.800 bits per heavy atom. The minimum Gasteiger partial charge on any atom is -0.355 e. The van der Waals surface area contributed by atoms with Crippen molar-refractivity contribution in [2.45, 2.75) is 44.7 Å². The van der Waals surface area contributed by atoms with E-state index in [4.69, 9.17) is 34.8 Å². The minimum atomic E-state index is -4.25. The largest absolute Gasteiger partial charge is 0.355 e. The Morgan fingerprint density at radius 2 is 1.49 bits per heavy atom. The molecule has 0 fully saturated rings. The molecule has 0 spiro atoms. The summed E-state index contributed by atoms with van der Waals surface area (Å²) in [5, 5.41) is 3.82. The van der Waals surface area contributed by atoms with E-state index in [0.717, 1.165) is 15.4 Å². The first-order valence-electron chi connectivity index (χ1n) is 14.3. The summed E-state index contributed by atoms with van der Waals surface area (Å²) in [4.78, 5) is 29.5. The highest BCUT2D eigenvalue weighted by atomic mass is 35.5. The highest BCUT2D eigenvalue weighted by Crippen LogP contribution is 2.32. The van der Waals surface area contributed by atoms with Gasteiger partial charge in [0.25, 0.3) is 10.0 Å². The summed E-state index contributed by atoms with van der Waals surface area (Å²) in [5.41, 5.74) is 3.07. The maximum Gasteiger partial charge on any atom is 0.264 e. The van der Waals surface area contributed by atoms with Gasteiger partial charge < -0.3 is 10.2 Å². The Balaban J connectivity index is 1.84. The van der Waals surface area contributed by atoms with Crippen LogP contribution < -0.4 is 9.62 Å². The molecule has 0 aliphatic heterocycles. The molecule has 1 N–H and O–H groups in total. The van der Waals surface area contributed by atoms with Gasteiger partial charge in [-0.25, -0.2) is 8.42 Å². The Bertz CT molecular complexity index is 1770. The lowest BCUT2D eigenvalue weighted by molar-refractivity contribution is -0.140. The van der Waals surface area contributed by atoms with E-state index < -0.39 is 28.5 Å². The number of carbonyl (C=O) groups is 2. The third kappa shape index (κ3) is 8.38. The Morgan fingerprint density at radius 3 is 2.13 bits per heavy atom. The molecule has 0 aliphatic rings. The first-order valence-corrected chi connectivity index (χ1v) is 16.9. The van der Waals surface area contributed by atoms with Crippen LogP contribution >= 0.6 is 34.8 Å². The first kappa shape index (κ1) is 34.3. The Hall–Kier alpha value is -3.56. The fraction of sp³-hybridized carbons (Fsp3) is 0.235. The Labute approximate surface area is 279 Å². The fourth-order valence-corrected chi connectivity index (χ4v) is 6.86. The number of hydrogen-bond donors (Lipinski definition) is 1. The van der Waals surface area contributed by atoms with Gasteiger partial charge in [-0.15, -0.1) is 0 Å². The molecule has 11 heteroatoms. The summed E-state index contributed by atoms with van der Waals surface area (Å²) < 4.78 is 29.5. The van der Waals surface area contributed by atoms with Crippen molar-refractivity contribution >= 4 is 62.3 Å². The van der Waals surface area contributed by atoms with Crippen LogP contribution in [0.25, 0.3) is 0 Å². The predicted molar refractivity (Wildman–Crippen MR) is 182 cm³/mol. The molecule has 4 aromatic rings. The van der Waals surface area contributed by atoms with Crippen molar-refractivity contribution in [1.82, 2.24) is 10.2 Å². The number of carbonyl (C=O) groups excluding carboxylic acids is 2. The molecular formula is C34H34Cl3N3O4S. The Kier molecular flexibility index (Phi) is 11.6. The van der Waals surface area contributed by atoms with Gasteiger partial charge in [0.15, 0.2) is 0 Å². The number of nitrogens with zero attached hydrogens (tertiary/aromatic N) is 2. The van der Waals surface area contributed by atoms with Crippen LogP contribution in [-0.2, 0) is 32.6 Å². The molecule has 0 saturated heterocycles. The molecule has 0 radical (unpaired) electrons. The fourth-order valence-electron chi connectivity index (χ4n) is 4.90. The van der Waals surface area contributed by atoms with Gasteiger partial charge in [-0.05, 0) is 73.9 Å². The second-order valence-electron chi connectivity index (χ2n) is 10.6. The van der Waals surface area contributed by atoms with E-state index in [1.54, 1.807) is 62.4 Å². The van der Waals surface area contributed by atoms with Crippen LogP contribution in [0.1, 0.15) is 29.2 Å². The van der Waals surface area contributed by atoms with Gasteiger partial charge in [0, 0.05) is 24.5 Å². The van der Waals surface area contributed by atoms with Crippen molar-refractivity contribution in [3.63, 3.8) is 0 Å². The van der Waals surface area contributed by atoms with E-state index in [0.29, 0.717) is 27.7 Å². The number of likely N-dealkylation sites (N-methyl/N-ethyl adjacent to an activating group) is 1. The third-order valence-electron chi connectivity index (χ3n) is 7.35. The van der Waals surface area contributed by atoms with Gasteiger partial charge in [-0.1, -0.05) is 95.0 Å². The molecule has 0 bridgehead atoms. The van der Waals surface area contributed by atoms with E-state index in [9.17, 15) is 18.0 Å². The standard InChI is InChI=1S/C34H34Cl3N3O4S/c1-4-38-34(42)32(20-25-9-6-5-7-10-25)39(21-26-15-18-29(36)30(37)19-26)33(41)22-40(31-12-8-11-28(35)24(31)3)45(43,44)27-16-13-23(2)14-17-27/h5-19,32H,4,20-22H2,1-3H3,(H,38,42)/t32-/m1/s1.